The largest absolute Gasteiger partial charge is 0.480 e. The van der Waals surface area contributed by atoms with Crippen LogP contribution in [0.15, 0.2) is 24.3 Å². The minimum Gasteiger partial charge on any atom is -0.480 e. The fourth-order valence-corrected chi connectivity index (χ4v) is 1.29. The SMILES string of the molecule is NC(CNCc1ccccc1Cl)C(=O)O. The first-order valence-electron chi connectivity index (χ1n) is 4.53. The van der Waals surface area contributed by atoms with Gasteiger partial charge in [-0.1, -0.05) is 29.8 Å². The number of nitrogens with two attached hydrogens (primary N) is 1. The van der Waals surface area contributed by atoms with E-state index >= 15 is 0 Å². The molecule has 0 radical (unpaired) electrons. The number of aliphatic carboxylic acids is 1. The molecule has 82 valence electrons. The van der Waals surface area contributed by atoms with Crippen LogP contribution in [0.5, 0.6) is 0 Å². The van der Waals surface area contributed by atoms with Gasteiger partial charge in [0.2, 0.25) is 0 Å². The Morgan fingerprint density at radius 3 is 2.80 bits per heavy atom. The summed E-state index contributed by atoms with van der Waals surface area (Å²) >= 11 is 5.91. The van der Waals surface area contributed by atoms with Crippen molar-refractivity contribution in [1.82, 2.24) is 5.32 Å². The van der Waals surface area contributed by atoms with Crippen molar-refractivity contribution in [2.75, 3.05) is 6.54 Å². The number of carbonyl (C=O) groups is 1. The predicted molar refractivity (Wildman–Crippen MR) is 58.8 cm³/mol. The van der Waals surface area contributed by atoms with Crippen molar-refractivity contribution in [1.29, 1.82) is 0 Å². The Balaban J connectivity index is 2.38. The number of hydrogen-bond acceptors (Lipinski definition) is 3. The lowest BCUT2D eigenvalue weighted by Gasteiger charge is -2.09. The van der Waals surface area contributed by atoms with Crippen LogP contribution in [0.1, 0.15) is 5.56 Å². The zero-order valence-corrected chi connectivity index (χ0v) is 8.87. The highest BCUT2D eigenvalue weighted by Gasteiger charge is 2.10. The molecule has 15 heavy (non-hydrogen) atoms. The van der Waals surface area contributed by atoms with Gasteiger partial charge in [-0.15, -0.1) is 0 Å². The fourth-order valence-electron chi connectivity index (χ4n) is 1.09. The summed E-state index contributed by atoms with van der Waals surface area (Å²) < 4.78 is 0. The number of nitrogens with one attached hydrogen (secondary N) is 1. The second-order valence-corrected chi connectivity index (χ2v) is 3.57. The molecule has 0 spiro atoms. The molecule has 0 amide bonds. The molecule has 1 unspecified atom stereocenters. The van der Waals surface area contributed by atoms with E-state index in [1.807, 2.05) is 18.2 Å². The van der Waals surface area contributed by atoms with Crippen LogP contribution in [0.3, 0.4) is 0 Å². The number of halogens is 1. The molecule has 0 saturated heterocycles. The van der Waals surface area contributed by atoms with E-state index in [2.05, 4.69) is 5.32 Å². The maximum absolute atomic E-state index is 10.4. The minimum atomic E-state index is -1.01. The van der Waals surface area contributed by atoms with Gasteiger partial charge in [-0.25, -0.2) is 0 Å². The van der Waals surface area contributed by atoms with Crippen molar-refractivity contribution >= 4 is 17.6 Å². The quantitative estimate of drug-likeness (QED) is 0.698. The monoisotopic (exact) mass is 228 g/mol. The average molecular weight is 229 g/mol. The van der Waals surface area contributed by atoms with E-state index in [4.69, 9.17) is 22.4 Å². The van der Waals surface area contributed by atoms with E-state index in [9.17, 15) is 4.79 Å². The summed E-state index contributed by atoms with van der Waals surface area (Å²) in [5.74, 6) is -1.01. The Labute approximate surface area is 93.0 Å². The summed E-state index contributed by atoms with van der Waals surface area (Å²) in [6.45, 7) is 0.737. The van der Waals surface area contributed by atoms with E-state index in [0.717, 1.165) is 5.56 Å². The third-order valence-corrected chi connectivity index (χ3v) is 2.32. The molecule has 1 atom stereocenters. The van der Waals surface area contributed by atoms with Crippen molar-refractivity contribution in [3.63, 3.8) is 0 Å². The summed E-state index contributed by atoms with van der Waals surface area (Å²) in [5, 5.41) is 12.1. The molecule has 0 aliphatic rings. The molecule has 4 nitrogen and oxygen atoms in total. The second-order valence-electron chi connectivity index (χ2n) is 3.17. The Morgan fingerprint density at radius 2 is 2.20 bits per heavy atom. The molecule has 0 saturated carbocycles. The fraction of sp³-hybridized carbons (Fsp3) is 0.300. The molecule has 0 aliphatic carbocycles. The first kappa shape index (κ1) is 12.0. The summed E-state index contributed by atoms with van der Waals surface area (Å²) in [6, 6.07) is 6.50. The molecule has 1 aromatic rings. The lowest BCUT2D eigenvalue weighted by Crippen LogP contribution is -2.40. The first-order valence-corrected chi connectivity index (χ1v) is 4.91. The van der Waals surface area contributed by atoms with E-state index in [1.165, 1.54) is 0 Å². The summed E-state index contributed by atoms with van der Waals surface area (Å²) in [4.78, 5) is 10.4. The van der Waals surface area contributed by atoms with Crippen LogP contribution in [0, 0.1) is 0 Å². The van der Waals surface area contributed by atoms with E-state index in [-0.39, 0.29) is 6.54 Å². The number of rotatable bonds is 5. The summed E-state index contributed by atoms with van der Waals surface area (Å²) in [5.41, 5.74) is 6.25. The van der Waals surface area contributed by atoms with E-state index in [1.54, 1.807) is 6.07 Å². The predicted octanol–water partition coefficient (Wildman–Crippen LogP) is 0.841. The minimum absolute atomic E-state index is 0.223. The van der Waals surface area contributed by atoms with Crippen LogP contribution in [0.2, 0.25) is 5.02 Å². The number of carboxylic acid groups (broad SMARTS) is 1. The standard InChI is InChI=1S/C10H13ClN2O2/c11-8-4-2-1-3-7(8)5-13-6-9(12)10(14)15/h1-4,9,13H,5-6,12H2,(H,14,15). The van der Waals surface area contributed by atoms with Crippen molar-refractivity contribution in [3.05, 3.63) is 34.9 Å². The Hall–Kier alpha value is -1.10. The van der Waals surface area contributed by atoms with Gasteiger partial charge in [0.25, 0.3) is 0 Å². The third-order valence-electron chi connectivity index (χ3n) is 1.95. The van der Waals surface area contributed by atoms with Crippen LogP contribution >= 0.6 is 11.6 Å². The Bertz CT molecular complexity index is 344. The van der Waals surface area contributed by atoms with Crippen molar-refractivity contribution in [2.45, 2.75) is 12.6 Å². The zero-order chi connectivity index (χ0) is 11.3. The van der Waals surface area contributed by atoms with Crippen molar-refractivity contribution in [3.8, 4) is 0 Å². The summed E-state index contributed by atoms with van der Waals surface area (Å²) in [7, 11) is 0. The highest BCUT2D eigenvalue weighted by atomic mass is 35.5. The number of hydrogen-bond donors (Lipinski definition) is 3. The maximum Gasteiger partial charge on any atom is 0.321 e. The lowest BCUT2D eigenvalue weighted by atomic mass is 10.2. The van der Waals surface area contributed by atoms with Gasteiger partial charge in [-0.05, 0) is 11.6 Å². The highest BCUT2D eigenvalue weighted by molar-refractivity contribution is 6.31. The molecule has 1 rings (SSSR count). The van der Waals surface area contributed by atoms with Gasteiger partial charge in [-0.2, -0.15) is 0 Å². The smallest absolute Gasteiger partial charge is 0.321 e. The van der Waals surface area contributed by atoms with Crippen LogP contribution in [-0.4, -0.2) is 23.7 Å². The average Bonchev–Trinajstić information content (AvgIpc) is 2.20. The molecular formula is C10H13ClN2O2. The lowest BCUT2D eigenvalue weighted by molar-refractivity contribution is -0.138. The van der Waals surface area contributed by atoms with Gasteiger partial charge in [0.1, 0.15) is 6.04 Å². The topological polar surface area (TPSA) is 75.3 Å². The summed E-state index contributed by atoms with van der Waals surface area (Å²) in [6.07, 6.45) is 0. The van der Waals surface area contributed by atoms with Gasteiger partial charge < -0.3 is 16.2 Å². The van der Waals surface area contributed by atoms with Gasteiger partial charge in [0.15, 0.2) is 0 Å². The zero-order valence-electron chi connectivity index (χ0n) is 8.11. The van der Waals surface area contributed by atoms with Gasteiger partial charge >= 0.3 is 5.97 Å². The molecular weight excluding hydrogens is 216 g/mol. The van der Waals surface area contributed by atoms with E-state index in [0.29, 0.717) is 11.6 Å². The Morgan fingerprint density at radius 1 is 1.53 bits per heavy atom. The van der Waals surface area contributed by atoms with Crippen LogP contribution in [0.25, 0.3) is 0 Å². The van der Waals surface area contributed by atoms with Gasteiger partial charge in [0, 0.05) is 18.1 Å². The Kier molecular flexibility index (Phi) is 4.55. The van der Waals surface area contributed by atoms with E-state index < -0.39 is 12.0 Å². The van der Waals surface area contributed by atoms with Crippen LogP contribution < -0.4 is 11.1 Å². The normalized spacial score (nSPS) is 12.4. The molecule has 0 aliphatic heterocycles. The van der Waals surface area contributed by atoms with Gasteiger partial charge in [-0.3, -0.25) is 4.79 Å². The third kappa shape index (κ3) is 3.87. The first-order chi connectivity index (χ1) is 7.11. The highest BCUT2D eigenvalue weighted by Crippen LogP contribution is 2.13. The van der Waals surface area contributed by atoms with Crippen LogP contribution in [-0.2, 0) is 11.3 Å². The van der Waals surface area contributed by atoms with Gasteiger partial charge in [0.05, 0.1) is 0 Å². The van der Waals surface area contributed by atoms with Crippen molar-refractivity contribution < 1.29 is 9.90 Å². The molecule has 0 heterocycles. The molecule has 5 heteroatoms. The molecule has 0 fully saturated rings. The number of carboxylic acids is 1. The molecule has 4 N–H and O–H groups in total. The molecule has 1 aromatic carbocycles. The molecule has 0 aromatic heterocycles. The molecule has 0 bridgehead atoms. The number of benzene rings is 1. The van der Waals surface area contributed by atoms with Crippen LogP contribution in [0.4, 0.5) is 0 Å². The van der Waals surface area contributed by atoms with Crippen molar-refractivity contribution in [2.24, 2.45) is 5.73 Å². The second kappa shape index (κ2) is 5.70. The maximum atomic E-state index is 10.4.